The molecular weight excluding hydrogens is 298 g/mol. The van der Waals surface area contributed by atoms with Gasteiger partial charge in [0.1, 0.15) is 5.54 Å². The van der Waals surface area contributed by atoms with E-state index in [1.54, 1.807) is 17.1 Å². The van der Waals surface area contributed by atoms with E-state index in [4.69, 9.17) is 4.74 Å². The Labute approximate surface area is 134 Å². The number of hydrogen-bond acceptors (Lipinski definition) is 5. The summed E-state index contributed by atoms with van der Waals surface area (Å²) in [4.78, 5) is 39.7. The van der Waals surface area contributed by atoms with Crippen LogP contribution in [-0.2, 0) is 14.3 Å². The first-order valence-corrected chi connectivity index (χ1v) is 7.80. The van der Waals surface area contributed by atoms with E-state index in [0.29, 0.717) is 38.0 Å². The first kappa shape index (κ1) is 15.7. The van der Waals surface area contributed by atoms with Gasteiger partial charge in [0, 0.05) is 12.7 Å². The third kappa shape index (κ3) is 2.35. The summed E-state index contributed by atoms with van der Waals surface area (Å²) >= 11 is 0. The van der Waals surface area contributed by atoms with Gasteiger partial charge in [0.15, 0.2) is 0 Å². The Morgan fingerprint density at radius 2 is 2.04 bits per heavy atom. The number of urea groups is 1. The van der Waals surface area contributed by atoms with Crippen molar-refractivity contribution in [3.63, 3.8) is 0 Å². The van der Waals surface area contributed by atoms with E-state index in [-0.39, 0.29) is 23.8 Å². The van der Waals surface area contributed by atoms with Crippen LogP contribution in [-0.4, -0.2) is 60.5 Å². The quantitative estimate of drug-likeness (QED) is 0.597. The van der Waals surface area contributed by atoms with Crippen molar-refractivity contribution in [1.82, 2.24) is 15.1 Å². The number of rotatable bonds is 2. The van der Waals surface area contributed by atoms with E-state index in [9.17, 15) is 14.4 Å². The number of imide groups is 1. The molecule has 3 aliphatic rings. The van der Waals surface area contributed by atoms with Gasteiger partial charge in [-0.1, -0.05) is 12.2 Å². The second kappa shape index (κ2) is 5.81. The first-order chi connectivity index (χ1) is 11.0. The molecule has 2 heterocycles. The molecule has 2 fully saturated rings. The van der Waals surface area contributed by atoms with Crippen LogP contribution in [0.1, 0.15) is 19.3 Å². The first-order valence-electron chi connectivity index (χ1n) is 7.80. The third-order valence-electron chi connectivity index (χ3n) is 4.88. The van der Waals surface area contributed by atoms with E-state index in [1.807, 2.05) is 6.08 Å². The zero-order chi connectivity index (χ0) is 16.6. The third-order valence-corrected chi connectivity index (χ3v) is 4.88. The number of allylic oxidation sites excluding steroid dienone is 2. The van der Waals surface area contributed by atoms with Crippen molar-refractivity contribution in [2.75, 3.05) is 27.2 Å². The van der Waals surface area contributed by atoms with Crippen molar-refractivity contribution in [3.05, 3.63) is 23.9 Å². The second-order valence-electron chi connectivity index (χ2n) is 6.12. The number of likely N-dealkylation sites (N-methyl/N-ethyl adjacent to an activating group) is 1. The maximum absolute atomic E-state index is 12.7. The molecule has 0 bridgehead atoms. The number of amides is 3. The summed E-state index contributed by atoms with van der Waals surface area (Å²) in [6.07, 6.45) is 6.98. The van der Waals surface area contributed by atoms with Gasteiger partial charge in [-0.15, -0.1) is 0 Å². The molecule has 2 aliphatic heterocycles. The van der Waals surface area contributed by atoms with Crippen molar-refractivity contribution >= 4 is 17.9 Å². The molecule has 3 amide bonds. The maximum atomic E-state index is 12.7. The fourth-order valence-electron chi connectivity index (χ4n) is 3.56. The number of nitrogens with zero attached hydrogens (tertiary/aromatic N) is 2. The van der Waals surface area contributed by atoms with Gasteiger partial charge in [-0.3, -0.25) is 19.4 Å². The largest absolute Gasteiger partial charge is 0.469 e. The number of carbonyl (C=O) groups is 3. The Morgan fingerprint density at radius 1 is 1.35 bits per heavy atom. The van der Waals surface area contributed by atoms with Crippen LogP contribution in [0, 0.1) is 5.92 Å². The molecule has 1 unspecified atom stereocenters. The van der Waals surface area contributed by atoms with Gasteiger partial charge in [0.2, 0.25) is 0 Å². The number of esters is 1. The minimum absolute atomic E-state index is 0.145. The Hall–Kier alpha value is -2.15. The van der Waals surface area contributed by atoms with Crippen molar-refractivity contribution < 1.29 is 19.1 Å². The predicted molar refractivity (Wildman–Crippen MR) is 82.2 cm³/mol. The highest BCUT2D eigenvalue weighted by Crippen LogP contribution is 2.39. The van der Waals surface area contributed by atoms with Gasteiger partial charge in [0.25, 0.3) is 5.91 Å². The fraction of sp³-hybridized carbons (Fsp3) is 0.562. The maximum Gasteiger partial charge on any atom is 0.331 e. The molecule has 124 valence electrons. The highest BCUT2D eigenvalue weighted by Gasteiger charge is 2.57. The zero-order valence-corrected chi connectivity index (χ0v) is 13.4. The molecule has 0 aromatic heterocycles. The number of hydrogen-bond donors (Lipinski definition) is 1. The summed E-state index contributed by atoms with van der Waals surface area (Å²) in [5.41, 5.74) is -0.111. The number of ether oxygens (including phenoxy) is 1. The Morgan fingerprint density at radius 3 is 2.61 bits per heavy atom. The number of nitrogens with one attached hydrogen (secondary N) is 1. The van der Waals surface area contributed by atoms with Crippen LogP contribution >= 0.6 is 0 Å². The van der Waals surface area contributed by atoms with Crippen LogP contribution in [0.15, 0.2) is 23.9 Å². The lowest BCUT2D eigenvalue weighted by molar-refractivity contribution is -0.143. The van der Waals surface area contributed by atoms with E-state index in [2.05, 4.69) is 5.32 Å². The molecule has 2 saturated heterocycles. The summed E-state index contributed by atoms with van der Waals surface area (Å²) in [5.74, 6) is -0.777. The summed E-state index contributed by atoms with van der Waals surface area (Å²) in [6.45, 7) is 1.40. The van der Waals surface area contributed by atoms with E-state index < -0.39 is 5.54 Å². The smallest absolute Gasteiger partial charge is 0.331 e. The zero-order valence-electron chi connectivity index (χ0n) is 13.4. The van der Waals surface area contributed by atoms with Crippen LogP contribution in [0.2, 0.25) is 0 Å². The van der Waals surface area contributed by atoms with Gasteiger partial charge in [-0.25, -0.2) is 4.79 Å². The molecule has 0 saturated carbocycles. The summed E-state index contributed by atoms with van der Waals surface area (Å²) in [6, 6.07) is -0.302. The Bertz CT molecular complexity index is 604. The van der Waals surface area contributed by atoms with Gasteiger partial charge in [0.05, 0.1) is 13.0 Å². The van der Waals surface area contributed by atoms with Crippen LogP contribution in [0.3, 0.4) is 0 Å². The van der Waals surface area contributed by atoms with Gasteiger partial charge in [-0.2, -0.15) is 0 Å². The van der Waals surface area contributed by atoms with Crippen LogP contribution in [0.5, 0.6) is 0 Å². The van der Waals surface area contributed by atoms with E-state index >= 15 is 0 Å². The molecule has 1 N–H and O–H groups in total. The van der Waals surface area contributed by atoms with E-state index in [1.165, 1.54) is 19.1 Å². The average molecular weight is 319 g/mol. The number of carbonyl (C=O) groups excluding carboxylic acids is 3. The van der Waals surface area contributed by atoms with Crippen LogP contribution in [0.4, 0.5) is 4.79 Å². The molecule has 23 heavy (non-hydrogen) atoms. The molecule has 1 spiro atoms. The molecule has 7 heteroatoms. The molecule has 0 aromatic carbocycles. The predicted octanol–water partition coefficient (Wildman–Crippen LogP) is 0.636. The molecular formula is C16H21N3O4. The minimum Gasteiger partial charge on any atom is -0.469 e. The van der Waals surface area contributed by atoms with Crippen LogP contribution in [0.25, 0.3) is 0 Å². The van der Waals surface area contributed by atoms with Gasteiger partial charge >= 0.3 is 12.0 Å². The van der Waals surface area contributed by atoms with Crippen molar-refractivity contribution in [2.45, 2.75) is 24.8 Å². The summed E-state index contributed by atoms with van der Waals surface area (Å²) in [7, 11) is 2.88. The average Bonchev–Trinajstić information content (AvgIpc) is 2.77. The molecule has 0 aromatic rings. The van der Waals surface area contributed by atoms with Crippen molar-refractivity contribution in [1.29, 1.82) is 0 Å². The standard InChI is InChI=1S/C16H21N3O4/c1-18-14(21)16(7-9-17-10-8-16)19(15(18)22)12-5-3-11(4-6-12)13(20)23-2/h3,5-6,11,17H,4,7-10H2,1-2H3. The molecule has 3 rings (SSSR count). The van der Waals surface area contributed by atoms with Crippen molar-refractivity contribution in [3.8, 4) is 0 Å². The molecule has 1 aliphatic carbocycles. The number of methoxy groups -OCH3 is 1. The van der Waals surface area contributed by atoms with Crippen LogP contribution < -0.4 is 5.32 Å². The van der Waals surface area contributed by atoms with Gasteiger partial charge < -0.3 is 10.1 Å². The lowest BCUT2D eigenvalue weighted by atomic mass is 9.85. The second-order valence-corrected chi connectivity index (χ2v) is 6.12. The highest BCUT2D eigenvalue weighted by molar-refractivity contribution is 6.08. The Kier molecular flexibility index (Phi) is 3.97. The van der Waals surface area contributed by atoms with Gasteiger partial charge in [-0.05, 0) is 38.4 Å². The summed E-state index contributed by atoms with van der Waals surface area (Å²) < 4.78 is 4.74. The summed E-state index contributed by atoms with van der Waals surface area (Å²) in [5, 5.41) is 3.23. The Balaban J connectivity index is 1.90. The highest BCUT2D eigenvalue weighted by atomic mass is 16.5. The van der Waals surface area contributed by atoms with Crippen molar-refractivity contribution in [2.24, 2.45) is 5.92 Å². The molecule has 7 nitrogen and oxygen atoms in total. The SMILES string of the molecule is COC(=O)C1C=CC(N2C(=O)N(C)C(=O)C23CCNCC3)=CC1. The normalized spacial score (nSPS) is 26.7. The number of piperidine rings is 1. The molecule has 0 radical (unpaired) electrons. The van der Waals surface area contributed by atoms with E-state index in [0.717, 1.165) is 0 Å². The topological polar surface area (TPSA) is 79.0 Å². The lowest BCUT2D eigenvalue weighted by Crippen LogP contribution is -2.55. The fourth-order valence-corrected chi connectivity index (χ4v) is 3.56. The monoisotopic (exact) mass is 319 g/mol. The molecule has 1 atom stereocenters. The lowest BCUT2D eigenvalue weighted by Gasteiger charge is -2.39. The minimum atomic E-state index is -0.800.